The van der Waals surface area contributed by atoms with Crippen molar-refractivity contribution in [3.8, 4) is 11.5 Å². The number of nitrogens with zero attached hydrogens (tertiary/aromatic N) is 1. The maximum Gasteiger partial charge on any atom is 0.295 e. The Bertz CT molecular complexity index is 740. The SMILES string of the molecule is COc1cc(NCc2ccc(OC)c(Br)c2)c([N+](=O)[O-])cc1F. The highest BCUT2D eigenvalue weighted by Gasteiger charge is 2.19. The van der Waals surface area contributed by atoms with E-state index in [-0.39, 0.29) is 17.1 Å². The Labute approximate surface area is 140 Å². The first-order valence-electron chi connectivity index (χ1n) is 6.54. The van der Waals surface area contributed by atoms with Crippen LogP contribution in [0.5, 0.6) is 11.5 Å². The summed E-state index contributed by atoms with van der Waals surface area (Å²) in [5.41, 5.74) is 0.700. The predicted molar refractivity (Wildman–Crippen MR) is 87.6 cm³/mol. The summed E-state index contributed by atoms with van der Waals surface area (Å²) < 4.78 is 24.4. The molecule has 0 saturated heterocycles. The van der Waals surface area contributed by atoms with Gasteiger partial charge in [0.25, 0.3) is 5.69 Å². The zero-order valence-electron chi connectivity index (χ0n) is 12.4. The minimum atomic E-state index is -0.781. The van der Waals surface area contributed by atoms with Crippen molar-refractivity contribution in [2.45, 2.75) is 6.54 Å². The van der Waals surface area contributed by atoms with Gasteiger partial charge < -0.3 is 14.8 Å². The molecule has 0 aliphatic heterocycles. The molecule has 0 saturated carbocycles. The van der Waals surface area contributed by atoms with Gasteiger partial charge in [-0.15, -0.1) is 0 Å². The van der Waals surface area contributed by atoms with Gasteiger partial charge in [-0.05, 0) is 33.6 Å². The van der Waals surface area contributed by atoms with Crippen molar-refractivity contribution < 1.29 is 18.8 Å². The average Bonchev–Trinajstić information content (AvgIpc) is 2.53. The molecule has 2 rings (SSSR count). The second-order valence-corrected chi connectivity index (χ2v) is 5.44. The number of benzene rings is 2. The van der Waals surface area contributed by atoms with Gasteiger partial charge >= 0.3 is 0 Å². The molecule has 0 amide bonds. The lowest BCUT2D eigenvalue weighted by molar-refractivity contribution is -0.384. The lowest BCUT2D eigenvalue weighted by Gasteiger charge is -2.11. The molecule has 0 spiro atoms. The van der Waals surface area contributed by atoms with E-state index in [9.17, 15) is 14.5 Å². The highest BCUT2D eigenvalue weighted by Crippen LogP contribution is 2.32. The summed E-state index contributed by atoms with van der Waals surface area (Å²) in [6, 6.07) is 7.54. The van der Waals surface area contributed by atoms with Gasteiger partial charge in [0, 0.05) is 12.6 Å². The third-order valence-electron chi connectivity index (χ3n) is 3.17. The lowest BCUT2D eigenvalue weighted by Crippen LogP contribution is -2.04. The molecule has 0 aliphatic carbocycles. The first kappa shape index (κ1) is 17.0. The number of nitro benzene ring substituents is 1. The van der Waals surface area contributed by atoms with Gasteiger partial charge in [-0.3, -0.25) is 10.1 Å². The lowest BCUT2D eigenvalue weighted by atomic mass is 10.2. The fraction of sp³-hybridized carbons (Fsp3) is 0.200. The number of halogens is 2. The number of nitrogens with one attached hydrogen (secondary N) is 1. The van der Waals surface area contributed by atoms with E-state index in [1.54, 1.807) is 13.2 Å². The number of rotatable bonds is 6. The molecule has 0 aromatic heterocycles. The van der Waals surface area contributed by atoms with Crippen molar-refractivity contribution >= 4 is 27.3 Å². The van der Waals surface area contributed by atoms with E-state index in [1.165, 1.54) is 13.2 Å². The van der Waals surface area contributed by atoms with E-state index < -0.39 is 10.7 Å². The Morgan fingerprint density at radius 3 is 2.48 bits per heavy atom. The largest absolute Gasteiger partial charge is 0.496 e. The van der Waals surface area contributed by atoms with Crippen LogP contribution in [0.25, 0.3) is 0 Å². The van der Waals surface area contributed by atoms with Gasteiger partial charge in [0.15, 0.2) is 11.6 Å². The van der Waals surface area contributed by atoms with Crippen LogP contribution in [0.15, 0.2) is 34.8 Å². The van der Waals surface area contributed by atoms with Crippen molar-refractivity contribution in [2.24, 2.45) is 0 Å². The van der Waals surface area contributed by atoms with Crippen LogP contribution in [-0.2, 0) is 6.54 Å². The molecule has 0 bridgehead atoms. The fourth-order valence-electron chi connectivity index (χ4n) is 2.01. The van der Waals surface area contributed by atoms with Gasteiger partial charge in [-0.25, -0.2) is 4.39 Å². The van der Waals surface area contributed by atoms with Crippen LogP contribution in [-0.4, -0.2) is 19.1 Å². The first-order chi connectivity index (χ1) is 11.0. The summed E-state index contributed by atoms with van der Waals surface area (Å²) in [6.07, 6.45) is 0. The number of hydrogen-bond donors (Lipinski definition) is 1. The van der Waals surface area contributed by atoms with Crippen LogP contribution in [0.1, 0.15) is 5.56 Å². The molecule has 0 atom stereocenters. The molecule has 122 valence electrons. The zero-order valence-corrected chi connectivity index (χ0v) is 14.0. The Balaban J connectivity index is 2.25. The molecule has 6 nitrogen and oxygen atoms in total. The van der Waals surface area contributed by atoms with Crippen LogP contribution in [0.4, 0.5) is 15.8 Å². The van der Waals surface area contributed by atoms with Crippen LogP contribution in [0, 0.1) is 15.9 Å². The van der Waals surface area contributed by atoms with Gasteiger partial charge in [0.1, 0.15) is 11.4 Å². The Morgan fingerprint density at radius 1 is 1.22 bits per heavy atom. The summed E-state index contributed by atoms with van der Waals surface area (Å²) >= 11 is 3.37. The highest BCUT2D eigenvalue weighted by molar-refractivity contribution is 9.10. The van der Waals surface area contributed by atoms with Crippen LogP contribution in [0.2, 0.25) is 0 Å². The Kier molecular flexibility index (Phi) is 5.38. The fourth-order valence-corrected chi connectivity index (χ4v) is 2.60. The van der Waals surface area contributed by atoms with E-state index in [0.29, 0.717) is 12.3 Å². The van der Waals surface area contributed by atoms with Crippen LogP contribution < -0.4 is 14.8 Å². The van der Waals surface area contributed by atoms with Gasteiger partial charge in [-0.2, -0.15) is 0 Å². The van der Waals surface area contributed by atoms with Gasteiger partial charge in [-0.1, -0.05) is 6.07 Å². The van der Waals surface area contributed by atoms with E-state index in [4.69, 9.17) is 9.47 Å². The van der Waals surface area contributed by atoms with E-state index in [0.717, 1.165) is 16.1 Å². The minimum Gasteiger partial charge on any atom is -0.496 e. The molecule has 0 fully saturated rings. The number of methoxy groups -OCH3 is 2. The van der Waals surface area contributed by atoms with Crippen molar-refractivity contribution in [3.05, 3.63) is 56.3 Å². The molecule has 0 unspecified atom stereocenters. The smallest absolute Gasteiger partial charge is 0.295 e. The van der Waals surface area contributed by atoms with Crippen molar-refractivity contribution in [3.63, 3.8) is 0 Å². The molecule has 2 aromatic rings. The number of hydrogen-bond acceptors (Lipinski definition) is 5. The van der Waals surface area contributed by atoms with E-state index in [2.05, 4.69) is 21.2 Å². The second-order valence-electron chi connectivity index (χ2n) is 4.58. The average molecular weight is 385 g/mol. The summed E-state index contributed by atoms with van der Waals surface area (Å²) in [7, 11) is 2.86. The molecule has 0 radical (unpaired) electrons. The van der Waals surface area contributed by atoms with Gasteiger partial charge in [0.05, 0.1) is 29.7 Å². The molecule has 8 heteroatoms. The van der Waals surface area contributed by atoms with Crippen molar-refractivity contribution in [1.82, 2.24) is 0 Å². The summed E-state index contributed by atoms with van der Waals surface area (Å²) in [4.78, 5) is 10.4. The zero-order chi connectivity index (χ0) is 17.0. The Morgan fingerprint density at radius 2 is 1.91 bits per heavy atom. The number of ether oxygens (including phenoxy) is 2. The monoisotopic (exact) mass is 384 g/mol. The van der Waals surface area contributed by atoms with Crippen LogP contribution >= 0.6 is 15.9 Å². The summed E-state index contributed by atoms with van der Waals surface area (Å²) in [5.74, 6) is -0.158. The Hall–Kier alpha value is -2.35. The standard InChI is InChI=1S/C15H14BrFN2O4/c1-22-14-4-3-9(5-10(14)16)8-18-12-7-15(23-2)11(17)6-13(12)19(20)21/h3-7,18H,8H2,1-2H3. The highest BCUT2D eigenvalue weighted by atomic mass is 79.9. The topological polar surface area (TPSA) is 73.6 Å². The second kappa shape index (κ2) is 7.28. The maximum atomic E-state index is 13.6. The normalized spacial score (nSPS) is 10.3. The van der Waals surface area contributed by atoms with Crippen molar-refractivity contribution in [1.29, 1.82) is 0 Å². The molecule has 2 aromatic carbocycles. The predicted octanol–water partition coefficient (Wildman–Crippen LogP) is 4.13. The van der Waals surface area contributed by atoms with E-state index >= 15 is 0 Å². The molecule has 1 N–H and O–H groups in total. The first-order valence-corrected chi connectivity index (χ1v) is 7.33. The third-order valence-corrected chi connectivity index (χ3v) is 3.79. The summed E-state index contributed by atoms with van der Waals surface area (Å²) in [6.45, 7) is 0.318. The molecule has 0 heterocycles. The van der Waals surface area contributed by atoms with Gasteiger partial charge in [0.2, 0.25) is 0 Å². The number of nitro groups is 1. The third kappa shape index (κ3) is 3.89. The minimum absolute atomic E-state index is 0.0611. The summed E-state index contributed by atoms with van der Waals surface area (Å²) in [5, 5.41) is 14.0. The number of anilines is 1. The quantitative estimate of drug-likeness (QED) is 0.598. The molecule has 23 heavy (non-hydrogen) atoms. The maximum absolute atomic E-state index is 13.6. The van der Waals surface area contributed by atoms with Crippen LogP contribution in [0.3, 0.4) is 0 Å². The molecular formula is C15H14BrFN2O4. The molecular weight excluding hydrogens is 371 g/mol. The molecule has 0 aliphatic rings. The van der Waals surface area contributed by atoms with E-state index in [1.807, 2.05) is 12.1 Å². The van der Waals surface area contributed by atoms with Crippen molar-refractivity contribution in [2.75, 3.05) is 19.5 Å².